The number of ether oxygens (including phenoxy) is 2. The molecule has 5 aliphatic rings. The molecule has 1 aliphatic heterocycles. The van der Waals surface area contributed by atoms with Crippen molar-refractivity contribution in [3.05, 3.63) is 41.5 Å². The summed E-state index contributed by atoms with van der Waals surface area (Å²) in [6, 6.07) is 6.76. The van der Waals surface area contributed by atoms with Gasteiger partial charge in [0, 0.05) is 12.1 Å². The summed E-state index contributed by atoms with van der Waals surface area (Å²) in [5.74, 6) is 4.81. The molecule has 5 N–H and O–H groups in total. The first-order valence-corrected chi connectivity index (χ1v) is 18.9. The van der Waals surface area contributed by atoms with Gasteiger partial charge in [0.05, 0.1) is 6.61 Å². The molecule has 0 bridgehead atoms. The molecule has 48 heavy (non-hydrogen) atoms. The predicted octanol–water partition coefficient (Wildman–Crippen LogP) is 7.16. The molecule has 268 valence electrons. The summed E-state index contributed by atoms with van der Waals surface area (Å²) in [7, 11) is 0. The molecule has 0 radical (unpaired) electrons. The Morgan fingerprint density at radius 3 is 2.42 bits per heavy atom. The van der Waals surface area contributed by atoms with E-state index in [2.05, 4.69) is 46.0 Å². The number of carbonyl (C=O) groups excluding carboxylic acids is 1. The maximum absolute atomic E-state index is 13.0. The van der Waals surface area contributed by atoms with Crippen molar-refractivity contribution in [2.24, 2.45) is 46.3 Å². The van der Waals surface area contributed by atoms with Crippen LogP contribution in [0, 0.1) is 46.3 Å². The lowest BCUT2D eigenvalue weighted by molar-refractivity contribution is -0.231. The fraction of sp³-hybridized carbons (Fsp3) is 0.775. The van der Waals surface area contributed by atoms with Crippen molar-refractivity contribution in [1.82, 2.24) is 0 Å². The van der Waals surface area contributed by atoms with E-state index >= 15 is 0 Å². The molecular weight excluding hydrogens is 606 g/mol. The summed E-state index contributed by atoms with van der Waals surface area (Å²) in [6.45, 7) is 11.9. The maximum atomic E-state index is 13.0. The number of amides is 1. The lowest BCUT2D eigenvalue weighted by atomic mass is 9.47. The van der Waals surface area contributed by atoms with Gasteiger partial charge in [0.2, 0.25) is 0 Å². The normalized spacial score (nSPS) is 41.5. The summed E-state index contributed by atoms with van der Waals surface area (Å²) >= 11 is 0. The van der Waals surface area contributed by atoms with Crippen LogP contribution < -0.4 is 5.32 Å². The minimum Gasteiger partial charge on any atom is -0.446 e. The van der Waals surface area contributed by atoms with Crippen LogP contribution in [0.1, 0.15) is 117 Å². The molecule has 1 saturated heterocycles. The summed E-state index contributed by atoms with van der Waals surface area (Å²) < 4.78 is 11.6. The number of anilines is 1. The van der Waals surface area contributed by atoms with Crippen LogP contribution in [0.15, 0.2) is 35.9 Å². The van der Waals surface area contributed by atoms with Crippen molar-refractivity contribution in [3.8, 4) is 0 Å². The third kappa shape index (κ3) is 6.73. The highest BCUT2D eigenvalue weighted by atomic mass is 16.6. The molecule has 1 heterocycles. The van der Waals surface area contributed by atoms with Crippen molar-refractivity contribution in [2.75, 3.05) is 11.9 Å². The zero-order valence-electron chi connectivity index (χ0n) is 29.8. The molecular formula is C40H61NO7. The number of benzene rings is 1. The number of rotatable bonds is 9. The standard InChI is InChI=1S/C40H61NO7/c1-23(2)7-6-8-24(3)30-15-16-31-29-14-11-26-21-28(17-19-39(26,4)32(29)18-20-40(30,31)5)47-38(46)41-27-12-9-25(10-13-27)37-36(45)35(44)34(43)33(22-42)48-37/h9-13,23-24,28-37,42-45H,6-8,14-22H2,1-5H3,(H,41,46)/t24-,28+,29+,30-,31+,32+,33-,34-,35+,36+,37-,39+,40-/m1/s1. The highest BCUT2D eigenvalue weighted by molar-refractivity contribution is 5.84. The molecule has 1 amide bonds. The third-order valence-electron chi connectivity index (χ3n) is 13.9. The number of hydrogen-bond acceptors (Lipinski definition) is 7. The average Bonchev–Trinajstić information content (AvgIpc) is 3.41. The van der Waals surface area contributed by atoms with Crippen molar-refractivity contribution in [2.45, 2.75) is 142 Å². The number of aliphatic hydroxyl groups excluding tert-OH is 4. The Balaban J connectivity index is 1.04. The van der Waals surface area contributed by atoms with Crippen LogP contribution in [-0.2, 0) is 9.47 Å². The Morgan fingerprint density at radius 2 is 1.71 bits per heavy atom. The molecule has 1 aromatic rings. The third-order valence-corrected chi connectivity index (χ3v) is 13.9. The van der Waals surface area contributed by atoms with Crippen molar-refractivity contribution in [3.63, 3.8) is 0 Å². The van der Waals surface area contributed by atoms with Crippen LogP contribution >= 0.6 is 0 Å². The van der Waals surface area contributed by atoms with E-state index in [0.717, 1.165) is 54.8 Å². The van der Waals surface area contributed by atoms with Crippen LogP contribution in [0.2, 0.25) is 0 Å². The molecule has 8 nitrogen and oxygen atoms in total. The molecule has 0 spiro atoms. The second kappa shape index (κ2) is 14.3. The first-order valence-electron chi connectivity index (χ1n) is 18.9. The molecule has 13 atom stereocenters. The summed E-state index contributed by atoms with van der Waals surface area (Å²) in [4.78, 5) is 13.0. The molecule has 0 unspecified atom stereocenters. The highest BCUT2D eigenvalue weighted by Crippen LogP contribution is 2.67. The van der Waals surface area contributed by atoms with Crippen LogP contribution in [0.5, 0.6) is 0 Å². The van der Waals surface area contributed by atoms with Crippen LogP contribution in [-0.4, -0.2) is 63.6 Å². The van der Waals surface area contributed by atoms with Gasteiger partial charge in [-0.1, -0.05) is 77.7 Å². The molecule has 4 fully saturated rings. The molecule has 1 aromatic carbocycles. The number of carbonyl (C=O) groups is 1. The van der Waals surface area contributed by atoms with Gasteiger partial charge in [-0.3, -0.25) is 5.32 Å². The monoisotopic (exact) mass is 667 g/mol. The van der Waals surface area contributed by atoms with Crippen LogP contribution in [0.4, 0.5) is 10.5 Å². The van der Waals surface area contributed by atoms with E-state index in [1.54, 1.807) is 24.3 Å². The number of allylic oxidation sites excluding steroid dienone is 1. The van der Waals surface area contributed by atoms with E-state index in [9.17, 15) is 25.2 Å². The van der Waals surface area contributed by atoms with Gasteiger partial charge in [0.1, 0.15) is 36.6 Å². The first kappa shape index (κ1) is 35.8. The Labute approximate surface area is 287 Å². The van der Waals surface area contributed by atoms with Gasteiger partial charge in [-0.25, -0.2) is 4.79 Å². The first-order chi connectivity index (χ1) is 22.9. The largest absolute Gasteiger partial charge is 0.446 e. The summed E-state index contributed by atoms with van der Waals surface area (Å²) in [5, 5.41) is 43.0. The minimum absolute atomic E-state index is 0.148. The molecule has 0 aromatic heterocycles. The maximum Gasteiger partial charge on any atom is 0.411 e. The quantitative estimate of drug-likeness (QED) is 0.177. The Bertz CT molecular complexity index is 1300. The second-order valence-electron chi connectivity index (χ2n) is 17.1. The smallest absolute Gasteiger partial charge is 0.411 e. The van der Waals surface area contributed by atoms with E-state index in [1.807, 2.05) is 0 Å². The number of aliphatic hydroxyl groups is 4. The van der Waals surface area contributed by atoms with Crippen molar-refractivity contribution < 1.29 is 34.7 Å². The Kier molecular flexibility index (Phi) is 10.7. The van der Waals surface area contributed by atoms with E-state index in [4.69, 9.17) is 9.47 Å². The van der Waals surface area contributed by atoms with Gasteiger partial charge in [-0.2, -0.15) is 0 Å². The van der Waals surface area contributed by atoms with Crippen LogP contribution in [0.3, 0.4) is 0 Å². The van der Waals surface area contributed by atoms with Crippen molar-refractivity contribution in [1.29, 1.82) is 0 Å². The van der Waals surface area contributed by atoms with Gasteiger partial charge < -0.3 is 29.9 Å². The second-order valence-corrected chi connectivity index (χ2v) is 17.1. The predicted molar refractivity (Wildman–Crippen MR) is 186 cm³/mol. The zero-order chi connectivity index (χ0) is 34.4. The molecule has 4 aliphatic carbocycles. The topological polar surface area (TPSA) is 128 Å². The summed E-state index contributed by atoms with van der Waals surface area (Å²) in [6.07, 6.45) is 9.30. The van der Waals surface area contributed by atoms with Gasteiger partial charge in [0.15, 0.2) is 0 Å². The van der Waals surface area contributed by atoms with Gasteiger partial charge >= 0.3 is 6.09 Å². The van der Waals surface area contributed by atoms with Gasteiger partial charge in [-0.15, -0.1) is 0 Å². The van der Waals surface area contributed by atoms with E-state index in [-0.39, 0.29) is 11.5 Å². The van der Waals surface area contributed by atoms with Gasteiger partial charge in [0.25, 0.3) is 0 Å². The van der Waals surface area contributed by atoms with E-state index < -0.39 is 43.2 Å². The van der Waals surface area contributed by atoms with Gasteiger partial charge in [-0.05, 0) is 109 Å². The highest BCUT2D eigenvalue weighted by Gasteiger charge is 2.59. The molecule has 3 saturated carbocycles. The molecule has 8 heteroatoms. The zero-order valence-corrected chi connectivity index (χ0v) is 29.8. The minimum atomic E-state index is -1.44. The Hall–Kier alpha value is -1.97. The fourth-order valence-corrected chi connectivity index (χ4v) is 11.2. The fourth-order valence-electron chi connectivity index (χ4n) is 11.2. The number of hydrogen-bond donors (Lipinski definition) is 5. The van der Waals surface area contributed by atoms with Crippen molar-refractivity contribution >= 4 is 11.8 Å². The molecule has 6 rings (SSSR count). The average molecular weight is 668 g/mol. The summed E-state index contributed by atoms with van der Waals surface area (Å²) in [5.41, 5.74) is 3.28. The SMILES string of the molecule is CC(C)CCC[C@@H](C)[C@H]1CC[C@H]2[C@@H]3CC=C4C[C@@H](OC(=O)Nc5ccc([C@H]6O[C@H](CO)[C@@H](O)[C@H](O)[C@@H]6O)cc5)CC[C@]4(C)[C@H]3CC[C@]12C. The van der Waals surface area contributed by atoms with Crippen LogP contribution in [0.25, 0.3) is 0 Å². The van der Waals surface area contributed by atoms with E-state index in [0.29, 0.717) is 16.7 Å². The Morgan fingerprint density at radius 1 is 0.958 bits per heavy atom. The number of fused-ring (bicyclic) bond motifs is 5. The number of nitrogens with one attached hydrogen (secondary N) is 1. The lowest BCUT2D eigenvalue weighted by Crippen LogP contribution is -2.55. The van der Waals surface area contributed by atoms with E-state index in [1.165, 1.54) is 56.9 Å². The lowest BCUT2D eigenvalue weighted by Gasteiger charge is -2.58.